The van der Waals surface area contributed by atoms with Crippen molar-refractivity contribution in [1.82, 2.24) is 9.88 Å². The van der Waals surface area contributed by atoms with Gasteiger partial charge in [0.15, 0.2) is 0 Å². The van der Waals surface area contributed by atoms with Crippen LogP contribution in [0.3, 0.4) is 0 Å². The van der Waals surface area contributed by atoms with E-state index < -0.39 is 5.91 Å². The van der Waals surface area contributed by atoms with Crippen LogP contribution in [-0.2, 0) is 6.54 Å². The molecule has 7 nitrogen and oxygen atoms in total. The Morgan fingerprint density at radius 3 is 2.44 bits per heavy atom. The smallest absolute Gasteiger partial charge is 0.252 e. The van der Waals surface area contributed by atoms with Crippen molar-refractivity contribution in [1.29, 1.82) is 0 Å². The van der Waals surface area contributed by atoms with Crippen LogP contribution < -0.4 is 21.7 Å². The van der Waals surface area contributed by atoms with Gasteiger partial charge in [0.05, 0.1) is 11.3 Å². The number of anilines is 4. The van der Waals surface area contributed by atoms with Gasteiger partial charge in [-0.25, -0.2) is 4.98 Å². The maximum atomic E-state index is 11.8. The number of carbonyl (C=O) groups excluding carboxylic acids is 1. The van der Waals surface area contributed by atoms with Crippen LogP contribution in [0.15, 0.2) is 66.9 Å². The number of likely N-dealkylation sites (tertiary alicyclic amines) is 1. The molecular weight excluding hydrogens is 400 g/mol. The average molecular weight is 431 g/mol. The molecule has 0 radical (unpaired) electrons. The van der Waals surface area contributed by atoms with Gasteiger partial charge in [-0.15, -0.1) is 0 Å². The van der Waals surface area contributed by atoms with Gasteiger partial charge < -0.3 is 26.6 Å². The fourth-order valence-corrected chi connectivity index (χ4v) is 3.85. The molecule has 0 atom stereocenters. The van der Waals surface area contributed by atoms with Crippen molar-refractivity contribution in [2.75, 3.05) is 36.1 Å². The Hall–Kier alpha value is -3.58. The molecule has 2 heterocycles. The first-order chi connectivity index (χ1) is 15.6. The van der Waals surface area contributed by atoms with E-state index in [2.05, 4.69) is 45.0 Å². The Balaban J connectivity index is 1.41. The van der Waals surface area contributed by atoms with Gasteiger partial charge >= 0.3 is 0 Å². The summed E-state index contributed by atoms with van der Waals surface area (Å²) < 4.78 is 0. The third-order valence-electron chi connectivity index (χ3n) is 5.74. The maximum Gasteiger partial charge on any atom is 0.252 e. The van der Waals surface area contributed by atoms with Gasteiger partial charge in [-0.05, 0) is 62.8 Å². The lowest BCUT2D eigenvalue weighted by atomic mass is 10.1. The standard InChI is InChI=1S/C25H30N6O/c1-31-13-11-21(12-14-31)29-19-7-9-20(10-8-19)30-24-15-23(22(17-28-24)25(26)32)27-16-18-5-3-2-4-6-18/h2-10,15,17,21,29H,11-14,16H2,1H3,(H2,26,32)(H2,27,28,30). The fraction of sp³-hybridized carbons (Fsp3) is 0.280. The number of hydrogen-bond acceptors (Lipinski definition) is 6. The molecule has 0 unspecified atom stereocenters. The number of hydrogen-bond donors (Lipinski definition) is 4. The summed E-state index contributed by atoms with van der Waals surface area (Å²) in [5.74, 6) is 0.130. The zero-order valence-electron chi connectivity index (χ0n) is 18.3. The predicted octanol–water partition coefficient (Wildman–Crippen LogP) is 4.04. The van der Waals surface area contributed by atoms with Crippen molar-refractivity contribution < 1.29 is 4.79 Å². The van der Waals surface area contributed by atoms with Gasteiger partial charge in [0.1, 0.15) is 5.82 Å². The van der Waals surface area contributed by atoms with Crippen LogP contribution >= 0.6 is 0 Å². The van der Waals surface area contributed by atoms with Gasteiger partial charge in [0.25, 0.3) is 5.91 Å². The Labute approximate surface area is 189 Å². The van der Waals surface area contributed by atoms with E-state index in [9.17, 15) is 4.79 Å². The van der Waals surface area contributed by atoms with Crippen molar-refractivity contribution in [3.8, 4) is 0 Å². The molecule has 2 aromatic carbocycles. The van der Waals surface area contributed by atoms with Crippen molar-refractivity contribution in [3.05, 3.63) is 78.0 Å². The molecule has 1 aliphatic rings. The number of rotatable bonds is 8. The summed E-state index contributed by atoms with van der Waals surface area (Å²) in [6.07, 6.45) is 3.82. The maximum absolute atomic E-state index is 11.8. The van der Waals surface area contributed by atoms with Crippen LogP contribution in [0.5, 0.6) is 0 Å². The molecule has 1 saturated heterocycles. The Morgan fingerprint density at radius 1 is 1.06 bits per heavy atom. The topological polar surface area (TPSA) is 95.3 Å². The minimum Gasteiger partial charge on any atom is -0.382 e. The number of carbonyl (C=O) groups is 1. The molecule has 7 heteroatoms. The zero-order chi connectivity index (χ0) is 22.3. The van der Waals surface area contributed by atoms with E-state index in [1.54, 1.807) is 0 Å². The first-order valence-corrected chi connectivity index (χ1v) is 11.0. The monoisotopic (exact) mass is 430 g/mol. The van der Waals surface area contributed by atoms with Crippen molar-refractivity contribution >= 4 is 28.8 Å². The summed E-state index contributed by atoms with van der Waals surface area (Å²) in [4.78, 5) is 18.6. The average Bonchev–Trinajstić information content (AvgIpc) is 2.81. The zero-order valence-corrected chi connectivity index (χ0v) is 18.3. The number of nitrogens with two attached hydrogens (primary N) is 1. The Kier molecular flexibility index (Phi) is 6.87. The number of pyridine rings is 1. The van der Waals surface area contributed by atoms with Gasteiger partial charge in [-0.3, -0.25) is 4.79 Å². The number of benzene rings is 2. The second-order valence-electron chi connectivity index (χ2n) is 8.24. The first-order valence-electron chi connectivity index (χ1n) is 11.0. The fourth-order valence-electron chi connectivity index (χ4n) is 3.85. The number of nitrogens with one attached hydrogen (secondary N) is 3. The van der Waals surface area contributed by atoms with E-state index >= 15 is 0 Å². The largest absolute Gasteiger partial charge is 0.382 e. The molecule has 3 aromatic rings. The molecule has 32 heavy (non-hydrogen) atoms. The molecule has 1 amide bonds. The quantitative estimate of drug-likeness (QED) is 0.431. The molecule has 0 aliphatic carbocycles. The van der Waals surface area contributed by atoms with E-state index in [0.29, 0.717) is 29.7 Å². The highest BCUT2D eigenvalue weighted by Gasteiger charge is 2.16. The minimum atomic E-state index is -0.510. The molecule has 1 aliphatic heterocycles. The van der Waals surface area contributed by atoms with Crippen LogP contribution in [0, 0.1) is 0 Å². The van der Waals surface area contributed by atoms with E-state index in [1.807, 2.05) is 48.5 Å². The molecule has 0 bridgehead atoms. The Morgan fingerprint density at radius 2 is 1.75 bits per heavy atom. The number of amides is 1. The molecule has 0 spiro atoms. The molecule has 1 fully saturated rings. The number of aromatic nitrogens is 1. The van der Waals surface area contributed by atoms with Crippen LogP contribution in [0.25, 0.3) is 0 Å². The van der Waals surface area contributed by atoms with Gasteiger partial charge in [-0.1, -0.05) is 30.3 Å². The first kappa shape index (κ1) is 21.6. The summed E-state index contributed by atoms with van der Waals surface area (Å²) in [5, 5.41) is 10.2. The van der Waals surface area contributed by atoms with Gasteiger partial charge in [0.2, 0.25) is 0 Å². The molecule has 0 saturated carbocycles. The van der Waals surface area contributed by atoms with Crippen molar-refractivity contribution in [2.24, 2.45) is 5.73 Å². The lowest BCUT2D eigenvalue weighted by Gasteiger charge is -2.30. The van der Waals surface area contributed by atoms with Crippen LogP contribution in [0.4, 0.5) is 22.9 Å². The van der Waals surface area contributed by atoms with E-state index in [0.717, 1.165) is 42.9 Å². The summed E-state index contributed by atoms with van der Waals surface area (Å²) in [6, 6.07) is 20.5. The summed E-state index contributed by atoms with van der Waals surface area (Å²) >= 11 is 0. The summed E-state index contributed by atoms with van der Waals surface area (Å²) in [6.45, 7) is 2.84. The number of primary amides is 1. The highest BCUT2D eigenvalue weighted by molar-refractivity contribution is 5.98. The van der Waals surface area contributed by atoms with E-state index in [-0.39, 0.29) is 0 Å². The molecule has 5 N–H and O–H groups in total. The molecule has 166 valence electrons. The lowest BCUT2D eigenvalue weighted by Crippen LogP contribution is -2.36. The SMILES string of the molecule is CN1CCC(Nc2ccc(Nc3cc(NCc4ccccc4)c(C(N)=O)cn3)cc2)CC1. The van der Waals surface area contributed by atoms with Crippen molar-refractivity contribution in [2.45, 2.75) is 25.4 Å². The summed E-state index contributed by atoms with van der Waals surface area (Å²) in [5.41, 5.74) is 9.71. The van der Waals surface area contributed by atoms with Crippen LogP contribution in [-0.4, -0.2) is 42.0 Å². The third-order valence-corrected chi connectivity index (χ3v) is 5.74. The predicted molar refractivity (Wildman–Crippen MR) is 130 cm³/mol. The van der Waals surface area contributed by atoms with E-state index in [4.69, 9.17) is 5.73 Å². The lowest BCUT2D eigenvalue weighted by molar-refractivity contribution is 0.100. The second kappa shape index (κ2) is 10.2. The molecule has 4 rings (SSSR count). The van der Waals surface area contributed by atoms with E-state index in [1.165, 1.54) is 6.20 Å². The molecule has 1 aromatic heterocycles. The normalized spacial score (nSPS) is 14.7. The minimum absolute atomic E-state index is 0.365. The highest BCUT2D eigenvalue weighted by atomic mass is 16.1. The number of piperidine rings is 1. The van der Waals surface area contributed by atoms with Crippen LogP contribution in [0.1, 0.15) is 28.8 Å². The second-order valence-corrected chi connectivity index (χ2v) is 8.24. The van der Waals surface area contributed by atoms with Crippen LogP contribution in [0.2, 0.25) is 0 Å². The number of nitrogens with zero attached hydrogens (tertiary/aromatic N) is 2. The Bertz CT molecular complexity index is 1030. The highest BCUT2D eigenvalue weighted by Crippen LogP contribution is 2.24. The van der Waals surface area contributed by atoms with Gasteiger partial charge in [0, 0.05) is 36.2 Å². The summed E-state index contributed by atoms with van der Waals surface area (Å²) in [7, 11) is 2.17. The third kappa shape index (κ3) is 5.76. The van der Waals surface area contributed by atoms with Gasteiger partial charge in [-0.2, -0.15) is 0 Å². The molecular formula is C25H30N6O. The van der Waals surface area contributed by atoms with Crippen molar-refractivity contribution in [3.63, 3.8) is 0 Å².